The lowest BCUT2D eigenvalue weighted by molar-refractivity contribution is 0.506. The summed E-state index contributed by atoms with van der Waals surface area (Å²) in [7, 11) is 0. The van der Waals surface area contributed by atoms with E-state index in [0.717, 1.165) is 14.2 Å². The van der Waals surface area contributed by atoms with Gasteiger partial charge in [-0.1, -0.05) is 13.0 Å². The molecule has 0 bridgehead atoms. The molecule has 1 aromatic carbocycles. The number of benzene rings is 1. The fourth-order valence-electron chi connectivity index (χ4n) is 2.26. The van der Waals surface area contributed by atoms with E-state index in [1.54, 1.807) is 18.3 Å². The molecule has 2 rings (SSSR count). The van der Waals surface area contributed by atoms with Crippen LogP contribution in [0.25, 0.3) is 0 Å². The standard InChI is InChI=1S/C15H16BrF2NS/c1-4-19-15(10-7-12(16)20-9(10)3)13-11(17)6-5-8(2)14(13)18/h5-7,15,19H,4H2,1-3H3. The molecule has 108 valence electrons. The van der Waals surface area contributed by atoms with E-state index in [2.05, 4.69) is 21.2 Å². The van der Waals surface area contributed by atoms with E-state index in [1.165, 1.54) is 12.1 Å². The maximum absolute atomic E-state index is 14.4. The van der Waals surface area contributed by atoms with Crippen LogP contribution in [0.15, 0.2) is 22.0 Å². The van der Waals surface area contributed by atoms with Crippen LogP contribution in [0.2, 0.25) is 0 Å². The first-order chi connectivity index (χ1) is 9.45. The molecule has 0 aliphatic heterocycles. The summed E-state index contributed by atoms with van der Waals surface area (Å²) in [5.74, 6) is -0.988. The van der Waals surface area contributed by atoms with E-state index >= 15 is 0 Å². The number of nitrogens with one attached hydrogen (secondary N) is 1. The van der Waals surface area contributed by atoms with Crippen LogP contribution in [0.3, 0.4) is 0 Å². The highest BCUT2D eigenvalue weighted by molar-refractivity contribution is 9.11. The van der Waals surface area contributed by atoms with Crippen LogP contribution in [0.5, 0.6) is 0 Å². The molecule has 1 atom stereocenters. The molecule has 2 aromatic rings. The Morgan fingerprint density at radius 3 is 2.55 bits per heavy atom. The molecule has 1 nitrogen and oxygen atoms in total. The van der Waals surface area contributed by atoms with Gasteiger partial charge in [0.15, 0.2) is 0 Å². The summed E-state index contributed by atoms with van der Waals surface area (Å²) in [6.07, 6.45) is 0. The molecule has 1 unspecified atom stereocenters. The minimum absolute atomic E-state index is 0.0975. The summed E-state index contributed by atoms with van der Waals surface area (Å²) in [5, 5.41) is 3.18. The average Bonchev–Trinajstić information content (AvgIpc) is 2.72. The zero-order valence-electron chi connectivity index (χ0n) is 11.6. The molecular formula is C15H16BrF2NS. The molecule has 0 radical (unpaired) electrons. The Kier molecular flexibility index (Phi) is 4.94. The van der Waals surface area contributed by atoms with Crippen molar-refractivity contribution >= 4 is 27.3 Å². The van der Waals surface area contributed by atoms with Gasteiger partial charge in [0.1, 0.15) is 11.6 Å². The van der Waals surface area contributed by atoms with Gasteiger partial charge in [-0.05, 0) is 59.6 Å². The monoisotopic (exact) mass is 359 g/mol. The summed E-state index contributed by atoms with van der Waals surface area (Å²) in [6, 6.07) is 4.25. The summed E-state index contributed by atoms with van der Waals surface area (Å²) in [5.41, 5.74) is 1.46. The SMILES string of the molecule is CCNC(c1cc(Br)sc1C)c1c(F)ccc(C)c1F. The third kappa shape index (κ3) is 2.95. The maximum atomic E-state index is 14.4. The Bertz CT molecular complexity index is 625. The topological polar surface area (TPSA) is 12.0 Å². The molecule has 0 spiro atoms. The zero-order chi connectivity index (χ0) is 14.9. The number of rotatable bonds is 4. The number of halogens is 3. The van der Waals surface area contributed by atoms with Crippen molar-refractivity contribution in [2.75, 3.05) is 6.54 Å². The molecule has 0 fully saturated rings. The first-order valence-electron chi connectivity index (χ1n) is 6.39. The van der Waals surface area contributed by atoms with E-state index in [1.807, 2.05) is 19.9 Å². The Hall–Kier alpha value is -0.780. The average molecular weight is 360 g/mol. The van der Waals surface area contributed by atoms with Crippen LogP contribution >= 0.6 is 27.3 Å². The smallest absolute Gasteiger partial charge is 0.134 e. The highest BCUT2D eigenvalue weighted by Gasteiger charge is 2.25. The van der Waals surface area contributed by atoms with Gasteiger partial charge in [-0.25, -0.2) is 8.78 Å². The minimum atomic E-state index is -0.513. The van der Waals surface area contributed by atoms with Crippen molar-refractivity contribution in [3.05, 3.63) is 55.2 Å². The molecule has 0 aliphatic carbocycles. The Balaban J connectivity index is 2.60. The van der Waals surface area contributed by atoms with Crippen molar-refractivity contribution in [2.45, 2.75) is 26.8 Å². The van der Waals surface area contributed by atoms with Crippen molar-refractivity contribution in [3.63, 3.8) is 0 Å². The number of hydrogen-bond donors (Lipinski definition) is 1. The second kappa shape index (κ2) is 6.33. The number of thiophene rings is 1. The minimum Gasteiger partial charge on any atom is -0.306 e. The molecular weight excluding hydrogens is 344 g/mol. The van der Waals surface area contributed by atoms with Crippen molar-refractivity contribution in [1.82, 2.24) is 5.32 Å². The molecule has 0 aliphatic rings. The molecule has 1 N–H and O–H groups in total. The second-order valence-electron chi connectivity index (χ2n) is 4.64. The van der Waals surface area contributed by atoms with E-state index in [-0.39, 0.29) is 5.56 Å². The first kappa shape index (κ1) is 15.6. The highest BCUT2D eigenvalue weighted by atomic mass is 79.9. The molecule has 0 amide bonds. The number of hydrogen-bond acceptors (Lipinski definition) is 2. The lowest BCUT2D eigenvalue weighted by Gasteiger charge is -2.20. The van der Waals surface area contributed by atoms with Crippen LogP contribution in [0.4, 0.5) is 8.78 Å². The molecule has 20 heavy (non-hydrogen) atoms. The van der Waals surface area contributed by atoms with Gasteiger partial charge in [-0.3, -0.25) is 0 Å². The van der Waals surface area contributed by atoms with E-state index < -0.39 is 17.7 Å². The summed E-state index contributed by atoms with van der Waals surface area (Å²) < 4.78 is 29.5. The van der Waals surface area contributed by atoms with Crippen molar-refractivity contribution in [2.24, 2.45) is 0 Å². The van der Waals surface area contributed by atoms with Crippen LogP contribution in [0, 0.1) is 25.5 Å². The fourth-order valence-corrected chi connectivity index (χ4v) is 4.01. The lowest BCUT2D eigenvalue weighted by Crippen LogP contribution is -2.24. The van der Waals surface area contributed by atoms with Gasteiger partial charge >= 0.3 is 0 Å². The first-order valence-corrected chi connectivity index (χ1v) is 8.00. The molecule has 0 saturated heterocycles. The summed E-state index contributed by atoms with van der Waals surface area (Å²) in [6.45, 7) is 6.16. The van der Waals surface area contributed by atoms with E-state index in [4.69, 9.17) is 0 Å². The van der Waals surface area contributed by atoms with Crippen LogP contribution < -0.4 is 5.32 Å². The normalized spacial score (nSPS) is 12.7. The van der Waals surface area contributed by atoms with Crippen molar-refractivity contribution in [3.8, 4) is 0 Å². The van der Waals surface area contributed by atoms with Crippen LogP contribution in [-0.2, 0) is 0 Å². The van der Waals surface area contributed by atoms with Gasteiger partial charge in [0.05, 0.1) is 9.83 Å². The number of aryl methyl sites for hydroxylation is 2. The van der Waals surface area contributed by atoms with Crippen LogP contribution in [0.1, 0.15) is 34.5 Å². The molecule has 0 saturated carbocycles. The zero-order valence-corrected chi connectivity index (χ0v) is 14.0. The predicted molar refractivity (Wildman–Crippen MR) is 83.4 cm³/mol. The third-order valence-corrected chi connectivity index (χ3v) is 4.82. The third-order valence-electron chi connectivity index (χ3n) is 3.25. The Labute approximate surface area is 130 Å². The van der Waals surface area contributed by atoms with Gasteiger partial charge in [0.25, 0.3) is 0 Å². The van der Waals surface area contributed by atoms with Gasteiger partial charge in [-0.2, -0.15) is 0 Å². The predicted octanol–water partition coefficient (Wildman–Crippen LogP) is 5.10. The van der Waals surface area contributed by atoms with Gasteiger partial charge in [0.2, 0.25) is 0 Å². The molecule has 5 heteroatoms. The largest absolute Gasteiger partial charge is 0.306 e. The van der Waals surface area contributed by atoms with Crippen molar-refractivity contribution in [1.29, 1.82) is 0 Å². The Morgan fingerprint density at radius 1 is 1.30 bits per heavy atom. The van der Waals surface area contributed by atoms with E-state index in [9.17, 15) is 8.78 Å². The Morgan fingerprint density at radius 2 is 2.00 bits per heavy atom. The van der Waals surface area contributed by atoms with Gasteiger partial charge in [-0.15, -0.1) is 11.3 Å². The summed E-state index contributed by atoms with van der Waals surface area (Å²) >= 11 is 5.00. The lowest BCUT2D eigenvalue weighted by atomic mass is 9.96. The highest BCUT2D eigenvalue weighted by Crippen LogP contribution is 2.36. The maximum Gasteiger partial charge on any atom is 0.134 e. The van der Waals surface area contributed by atoms with Crippen molar-refractivity contribution < 1.29 is 8.78 Å². The van der Waals surface area contributed by atoms with Gasteiger partial charge in [0, 0.05) is 10.4 Å². The quantitative estimate of drug-likeness (QED) is 0.800. The fraction of sp³-hybridized carbons (Fsp3) is 0.333. The molecule has 1 heterocycles. The summed E-state index contributed by atoms with van der Waals surface area (Å²) in [4.78, 5) is 1.04. The van der Waals surface area contributed by atoms with E-state index in [0.29, 0.717) is 12.1 Å². The second-order valence-corrected chi connectivity index (χ2v) is 7.28. The van der Waals surface area contributed by atoms with Crippen LogP contribution in [-0.4, -0.2) is 6.54 Å². The molecule has 1 aromatic heterocycles. The van der Waals surface area contributed by atoms with Gasteiger partial charge < -0.3 is 5.32 Å².